The highest BCUT2D eigenvalue weighted by molar-refractivity contribution is 7.16. The molecule has 3 amide bonds. The van der Waals surface area contributed by atoms with E-state index < -0.39 is 11.9 Å². The van der Waals surface area contributed by atoms with E-state index in [4.69, 9.17) is 4.74 Å². The molecule has 118 valence electrons. The molecule has 1 aliphatic heterocycles. The Hall–Kier alpha value is -2.22. The minimum absolute atomic E-state index is 0.136. The van der Waals surface area contributed by atoms with Gasteiger partial charge in [0.05, 0.1) is 12.7 Å². The van der Waals surface area contributed by atoms with E-state index in [0.29, 0.717) is 10.6 Å². The van der Waals surface area contributed by atoms with Crippen LogP contribution in [0.5, 0.6) is 0 Å². The second-order valence-electron chi connectivity index (χ2n) is 4.90. The first-order valence-corrected chi connectivity index (χ1v) is 7.48. The number of nitrogens with one attached hydrogen (secondary N) is 1. The lowest BCUT2D eigenvalue weighted by Gasteiger charge is -2.13. The fourth-order valence-corrected chi connectivity index (χ4v) is 3.24. The lowest BCUT2D eigenvalue weighted by atomic mass is 10.1. The lowest BCUT2D eigenvalue weighted by molar-refractivity contribution is -0.141. The van der Waals surface area contributed by atoms with E-state index in [2.05, 4.69) is 5.32 Å². The van der Waals surface area contributed by atoms with Gasteiger partial charge in [-0.2, -0.15) is 0 Å². The number of carbonyl (C=O) groups is 4. The first-order chi connectivity index (χ1) is 10.3. The predicted octanol–water partition coefficient (Wildman–Crippen LogP) is 1.24. The van der Waals surface area contributed by atoms with E-state index in [-0.39, 0.29) is 31.2 Å². The maximum atomic E-state index is 12.0. The molecule has 0 unspecified atom stereocenters. The second kappa shape index (κ2) is 6.27. The summed E-state index contributed by atoms with van der Waals surface area (Å²) in [6, 6.07) is 0. The zero-order valence-electron chi connectivity index (χ0n) is 12.5. The summed E-state index contributed by atoms with van der Waals surface area (Å²) < 4.78 is 4.72. The number of aryl methyl sites for hydroxylation is 1. The highest BCUT2D eigenvalue weighted by atomic mass is 32.1. The van der Waals surface area contributed by atoms with Crippen LogP contribution in [0.1, 0.15) is 33.6 Å². The van der Waals surface area contributed by atoms with Crippen molar-refractivity contribution in [1.29, 1.82) is 0 Å². The molecule has 22 heavy (non-hydrogen) atoms. The van der Waals surface area contributed by atoms with E-state index in [1.807, 2.05) is 6.92 Å². The molecular weight excluding hydrogens is 308 g/mol. The summed E-state index contributed by atoms with van der Waals surface area (Å²) in [4.78, 5) is 48.7. The van der Waals surface area contributed by atoms with Crippen LogP contribution in [0.3, 0.4) is 0 Å². The number of esters is 1. The molecule has 8 heteroatoms. The van der Waals surface area contributed by atoms with Gasteiger partial charge in [-0.15, -0.1) is 11.3 Å². The molecule has 0 aromatic carbocycles. The average molecular weight is 324 g/mol. The van der Waals surface area contributed by atoms with Crippen LogP contribution in [0.4, 0.5) is 5.00 Å². The van der Waals surface area contributed by atoms with Crippen molar-refractivity contribution < 1.29 is 23.9 Å². The minimum atomic E-state index is -0.537. The van der Waals surface area contributed by atoms with Crippen molar-refractivity contribution in [3.05, 3.63) is 16.0 Å². The number of hydrogen-bond acceptors (Lipinski definition) is 6. The molecule has 1 saturated heterocycles. The third-order valence-corrected chi connectivity index (χ3v) is 4.61. The maximum absolute atomic E-state index is 12.0. The second-order valence-corrected chi connectivity index (χ2v) is 6.13. The van der Waals surface area contributed by atoms with Crippen molar-refractivity contribution in [2.45, 2.75) is 26.7 Å². The molecule has 1 aromatic rings. The highest BCUT2D eigenvalue weighted by Crippen LogP contribution is 2.32. The molecule has 0 bridgehead atoms. The van der Waals surface area contributed by atoms with Gasteiger partial charge in [-0.05, 0) is 19.4 Å². The number of nitrogens with zero attached hydrogens (tertiary/aromatic N) is 1. The number of rotatable bonds is 4. The van der Waals surface area contributed by atoms with Crippen molar-refractivity contribution in [2.24, 2.45) is 0 Å². The number of ether oxygens (including phenoxy) is 1. The Morgan fingerprint density at radius 1 is 1.23 bits per heavy atom. The van der Waals surface area contributed by atoms with Crippen LogP contribution in [-0.2, 0) is 19.1 Å². The van der Waals surface area contributed by atoms with Crippen molar-refractivity contribution >= 4 is 40.0 Å². The third kappa shape index (κ3) is 3.01. The first-order valence-electron chi connectivity index (χ1n) is 6.66. The van der Waals surface area contributed by atoms with Gasteiger partial charge in [0.1, 0.15) is 11.5 Å². The standard InChI is InChI=1S/C14H16N2O5S/c1-7-8(2)22-13(12(7)14(20)21-3)15-9(17)6-16-10(18)4-5-11(16)19/h4-6H2,1-3H3,(H,15,17). The number of thiophene rings is 1. The Labute approximate surface area is 131 Å². The van der Waals surface area contributed by atoms with E-state index in [9.17, 15) is 19.2 Å². The van der Waals surface area contributed by atoms with E-state index >= 15 is 0 Å². The monoisotopic (exact) mass is 324 g/mol. The SMILES string of the molecule is COC(=O)c1c(NC(=O)CN2C(=O)CCC2=O)sc(C)c1C. The van der Waals surface area contributed by atoms with Crippen molar-refractivity contribution in [3.8, 4) is 0 Å². The molecule has 0 saturated carbocycles. The zero-order valence-corrected chi connectivity index (χ0v) is 13.3. The Bertz CT molecular complexity index is 648. The predicted molar refractivity (Wildman–Crippen MR) is 79.7 cm³/mol. The Morgan fingerprint density at radius 2 is 1.82 bits per heavy atom. The van der Waals surface area contributed by atoms with Crippen molar-refractivity contribution in [3.63, 3.8) is 0 Å². The summed E-state index contributed by atoms with van der Waals surface area (Å²) in [6.07, 6.45) is 0.271. The molecular formula is C14H16N2O5S. The number of amides is 3. The normalized spacial score (nSPS) is 14.4. The molecule has 1 aliphatic rings. The number of likely N-dealkylation sites (tertiary alicyclic amines) is 1. The van der Waals surface area contributed by atoms with E-state index in [1.165, 1.54) is 18.4 Å². The molecule has 0 atom stereocenters. The van der Waals surface area contributed by atoms with Crippen molar-refractivity contribution in [2.75, 3.05) is 19.0 Å². The fourth-order valence-electron chi connectivity index (χ4n) is 2.17. The van der Waals surface area contributed by atoms with E-state index in [0.717, 1.165) is 15.3 Å². The molecule has 0 spiro atoms. The molecule has 2 rings (SSSR count). The van der Waals surface area contributed by atoms with Gasteiger partial charge in [-0.25, -0.2) is 4.79 Å². The van der Waals surface area contributed by atoms with Crippen LogP contribution in [0.15, 0.2) is 0 Å². The average Bonchev–Trinajstić information content (AvgIpc) is 2.92. The third-order valence-electron chi connectivity index (χ3n) is 3.48. The van der Waals surface area contributed by atoms with Gasteiger partial charge >= 0.3 is 5.97 Å². The lowest BCUT2D eigenvalue weighted by Crippen LogP contribution is -2.36. The summed E-state index contributed by atoms with van der Waals surface area (Å²) in [5, 5.41) is 2.95. The van der Waals surface area contributed by atoms with Gasteiger partial charge < -0.3 is 10.1 Å². The zero-order chi connectivity index (χ0) is 16.4. The fraction of sp³-hybridized carbons (Fsp3) is 0.429. The Kier molecular flexibility index (Phi) is 4.60. The van der Waals surface area contributed by atoms with Crippen LogP contribution >= 0.6 is 11.3 Å². The molecule has 1 aromatic heterocycles. The largest absolute Gasteiger partial charge is 0.465 e. The number of imide groups is 1. The summed E-state index contributed by atoms with van der Waals surface area (Å²) in [6.45, 7) is 3.26. The van der Waals surface area contributed by atoms with Gasteiger partial charge in [-0.3, -0.25) is 19.3 Å². The van der Waals surface area contributed by atoms with Crippen LogP contribution in [-0.4, -0.2) is 42.2 Å². The van der Waals surface area contributed by atoms with Crippen molar-refractivity contribution in [1.82, 2.24) is 4.90 Å². The summed E-state index contributed by atoms with van der Waals surface area (Å²) in [5.41, 5.74) is 1.04. The molecule has 2 heterocycles. The minimum Gasteiger partial charge on any atom is -0.465 e. The van der Waals surface area contributed by atoms with Gasteiger partial charge in [0.25, 0.3) is 0 Å². The number of methoxy groups -OCH3 is 1. The number of carbonyl (C=O) groups excluding carboxylic acids is 4. The number of anilines is 1. The van der Waals surface area contributed by atoms with Gasteiger partial charge in [0.15, 0.2) is 0 Å². The molecule has 1 fully saturated rings. The highest BCUT2D eigenvalue weighted by Gasteiger charge is 2.31. The number of hydrogen-bond donors (Lipinski definition) is 1. The molecule has 1 N–H and O–H groups in total. The first kappa shape index (κ1) is 16.2. The smallest absolute Gasteiger partial charge is 0.341 e. The van der Waals surface area contributed by atoms with Crippen LogP contribution in [0.25, 0.3) is 0 Å². The maximum Gasteiger partial charge on any atom is 0.341 e. The Balaban J connectivity index is 2.15. The van der Waals surface area contributed by atoms with Gasteiger partial charge in [0, 0.05) is 17.7 Å². The van der Waals surface area contributed by atoms with Gasteiger partial charge in [0.2, 0.25) is 17.7 Å². The summed E-state index contributed by atoms with van der Waals surface area (Å²) in [5.74, 6) is -1.76. The Morgan fingerprint density at radius 3 is 2.36 bits per heavy atom. The van der Waals surface area contributed by atoms with Crippen LogP contribution < -0.4 is 5.32 Å². The van der Waals surface area contributed by atoms with E-state index in [1.54, 1.807) is 6.92 Å². The molecule has 0 aliphatic carbocycles. The molecule has 7 nitrogen and oxygen atoms in total. The van der Waals surface area contributed by atoms with Crippen LogP contribution in [0, 0.1) is 13.8 Å². The topological polar surface area (TPSA) is 92.8 Å². The quantitative estimate of drug-likeness (QED) is 0.664. The summed E-state index contributed by atoms with van der Waals surface area (Å²) >= 11 is 1.25. The molecule has 0 radical (unpaired) electrons. The van der Waals surface area contributed by atoms with Crippen LogP contribution in [0.2, 0.25) is 0 Å². The summed E-state index contributed by atoms with van der Waals surface area (Å²) in [7, 11) is 1.27. The van der Waals surface area contributed by atoms with Gasteiger partial charge in [-0.1, -0.05) is 0 Å².